The molecule has 0 spiro atoms. The SMILES string of the molecule is CON(C)C(=O)[C@@]1(Cc2cccc(-c3ncccn3)c2)CC[C@H](N)C1.Cl. The number of carbonyl (C=O) groups is 1. The zero-order chi connectivity index (χ0) is 17.9. The van der Waals surface area contributed by atoms with E-state index in [1.165, 1.54) is 12.2 Å². The Kier molecular flexibility index (Phi) is 6.69. The smallest absolute Gasteiger partial charge is 0.252 e. The van der Waals surface area contributed by atoms with Crippen LogP contribution in [0.3, 0.4) is 0 Å². The van der Waals surface area contributed by atoms with Gasteiger partial charge in [-0.25, -0.2) is 15.0 Å². The van der Waals surface area contributed by atoms with Crippen LogP contribution in [0, 0.1) is 5.41 Å². The van der Waals surface area contributed by atoms with Crippen molar-refractivity contribution in [2.75, 3.05) is 14.2 Å². The monoisotopic (exact) mass is 376 g/mol. The van der Waals surface area contributed by atoms with Crippen LogP contribution in [0.5, 0.6) is 0 Å². The molecule has 1 aromatic heterocycles. The van der Waals surface area contributed by atoms with Crippen LogP contribution in [0.4, 0.5) is 0 Å². The predicted octanol–water partition coefficient (Wildman–Crippen LogP) is 2.63. The van der Waals surface area contributed by atoms with E-state index in [0.717, 1.165) is 24.0 Å². The van der Waals surface area contributed by atoms with Crippen LogP contribution in [-0.4, -0.2) is 41.1 Å². The fourth-order valence-corrected chi connectivity index (χ4v) is 3.67. The largest absolute Gasteiger partial charge is 0.328 e. The summed E-state index contributed by atoms with van der Waals surface area (Å²) >= 11 is 0. The van der Waals surface area contributed by atoms with Crippen molar-refractivity contribution in [1.29, 1.82) is 0 Å². The number of hydrogen-bond donors (Lipinski definition) is 1. The zero-order valence-electron chi connectivity index (χ0n) is 15.1. The van der Waals surface area contributed by atoms with Crippen LogP contribution in [-0.2, 0) is 16.1 Å². The lowest BCUT2D eigenvalue weighted by atomic mass is 9.78. The molecule has 2 atom stereocenters. The maximum Gasteiger partial charge on any atom is 0.252 e. The highest BCUT2D eigenvalue weighted by Crippen LogP contribution is 2.42. The highest BCUT2D eigenvalue weighted by Gasteiger charge is 2.46. The molecular formula is C19H25ClN4O2. The average molecular weight is 377 g/mol. The maximum absolute atomic E-state index is 12.9. The number of amides is 1. The van der Waals surface area contributed by atoms with Gasteiger partial charge in [0.25, 0.3) is 5.91 Å². The summed E-state index contributed by atoms with van der Waals surface area (Å²) in [6, 6.07) is 9.90. The minimum atomic E-state index is -0.514. The lowest BCUT2D eigenvalue weighted by Crippen LogP contribution is -2.42. The summed E-state index contributed by atoms with van der Waals surface area (Å²) in [6.45, 7) is 0. The van der Waals surface area contributed by atoms with Crippen molar-refractivity contribution in [2.45, 2.75) is 31.7 Å². The summed E-state index contributed by atoms with van der Waals surface area (Å²) in [5.74, 6) is 0.672. The first-order chi connectivity index (χ1) is 12.0. The summed E-state index contributed by atoms with van der Waals surface area (Å²) in [5, 5.41) is 1.32. The normalized spacial score (nSPS) is 21.9. The van der Waals surface area contributed by atoms with Gasteiger partial charge < -0.3 is 5.73 Å². The summed E-state index contributed by atoms with van der Waals surface area (Å²) < 4.78 is 0. The minimum Gasteiger partial charge on any atom is -0.328 e. The molecule has 2 N–H and O–H groups in total. The van der Waals surface area contributed by atoms with Gasteiger partial charge in [-0.15, -0.1) is 12.4 Å². The van der Waals surface area contributed by atoms with E-state index in [2.05, 4.69) is 16.0 Å². The van der Waals surface area contributed by atoms with Gasteiger partial charge >= 0.3 is 0 Å². The number of benzene rings is 1. The molecule has 1 saturated carbocycles. The second-order valence-corrected chi connectivity index (χ2v) is 6.72. The number of hydroxylamine groups is 2. The van der Waals surface area contributed by atoms with Gasteiger partial charge in [0.1, 0.15) is 0 Å². The summed E-state index contributed by atoms with van der Waals surface area (Å²) in [4.78, 5) is 26.7. The number of carbonyl (C=O) groups excluding carboxylic acids is 1. The fraction of sp³-hybridized carbons (Fsp3) is 0.421. The molecule has 26 heavy (non-hydrogen) atoms. The van der Waals surface area contributed by atoms with Crippen molar-refractivity contribution in [3.63, 3.8) is 0 Å². The van der Waals surface area contributed by atoms with Crippen molar-refractivity contribution < 1.29 is 9.63 Å². The predicted molar refractivity (Wildman–Crippen MR) is 102 cm³/mol. The van der Waals surface area contributed by atoms with Gasteiger partial charge in [-0.1, -0.05) is 18.2 Å². The number of nitrogens with zero attached hydrogens (tertiary/aromatic N) is 3. The molecule has 1 aromatic carbocycles. The van der Waals surface area contributed by atoms with E-state index in [-0.39, 0.29) is 24.4 Å². The lowest BCUT2D eigenvalue weighted by molar-refractivity contribution is -0.180. The molecule has 0 saturated heterocycles. The number of halogens is 1. The van der Waals surface area contributed by atoms with E-state index >= 15 is 0 Å². The van der Waals surface area contributed by atoms with Crippen molar-refractivity contribution >= 4 is 18.3 Å². The highest BCUT2D eigenvalue weighted by molar-refractivity contribution is 5.85. The van der Waals surface area contributed by atoms with Crippen molar-refractivity contribution in [3.05, 3.63) is 48.3 Å². The highest BCUT2D eigenvalue weighted by atomic mass is 35.5. The van der Waals surface area contributed by atoms with Crippen LogP contribution in [0.1, 0.15) is 24.8 Å². The Morgan fingerprint density at radius 3 is 2.69 bits per heavy atom. The Morgan fingerprint density at radius 1 is 1.35 bits per heavy atom. The van der Waals surface area contributed by atoms with Gasteiger partial charge in [-0.05, 0) is 43.4 Å². The molecule has 2 aromatic rings. The van der Waals surface area contributed by atoms with Gasteiger partial charge in [0.15, 0.2) is 5.82 Å². The second kappa shape index (κ2) is 8.58. The molecule has 1 fully saturated rings. The van der Waals surface area contributed by atoms with E-state index in [1.807, 2.05) is 18.2 Å². The van der Waals surface area contributed by atoms with Crippen LogP contribution in [0.25, 0.3) is 11.4 Å². The number of hydrogen-bond acceptors (Lipinski definition) is 5. The molecule has 1 aliphatic carbocycles. The van der Waals surface area contributed by atoms with E-state index < -0.39 is 5.41 Å². The van der Waals surface area contributed by atoms with Gasteiger partial charge in [0.05, 0.1) is 12.5 Å². The Balaban J connectivity index is 0.00000243. The molecule has 0 unspecified atom stereocenters. The van der Waals surface area contributed by atoms with Gasteiger partial charge in [0.2, 0.25) is 0 Å². The molecule has 0 bridgehead atoms. The van der Waals surface area contributed by atoms with Crippen LogP contribution < -0.4 is 5.73 Å². The quantitative estimate of drug-likeness (QED) is 0.811. The Labute approximate surface area is 160 Å². The molecule has 6 nitrogen and oxygen atoms in total. The number of nitrogens with two attached hydrogens (primary N) is 1. The molecule has 0 aliphatic heterocycles. The third-order valence-electron chi connectivity index (χ3n) is 4.95. The third-order valence-corrected chi connectivity index (χ3v) is 4.95. The Bertz CT molecular complexity index is 743. The third kappa shape index (κ3) is 4.20. The van der Waals surface area contributed by atoms with Gasteiger partial charge in [0, 0.05) is 31.0 Å². The van der Waals surface area contributed by atoms with Crippen molar-refractivity contribution in [2.24, 2.45) is 11.1 Å². The zero-order valence-corrected chi connectivity index (χ0v) is 15.9. The topological polar surface area (TPSA) is 81.3 Å². The molecule has 140 valence electrons. The Morgan fingerprint density at radius 2 is 2.08 bits per heavy atom. The summed E-state index contributed by atoms with van der Waals surface area (Å²) in [6.07, 6.45) is 6.38. The minimum absolute atomic E-state index is 0. The molecule has 7 heteroatoms. The molecule has 1 amide bonds. The van der Waals surface area contributed by atoms with E-state index in [0.29, 0.717) is 18.7 Å². The number of rotatable bonds is 5. The fourth-order valence-electron chi connectivity index (χ4n) is 3.67. The molecule has 0 radical (unpaired) electrons. The van der Waals surface area contributed by atoms with Crippen LogP contribution in [0.2, 0.25) is 0 Å². The second-order valence-electron chi connectivity index (χ2n) is 6.72. The first-order valence-corrected chi connectivity index (χ1v) is 8.48. The standard InChI is InChI=1S/C19H24N4O2.ClH/c1-23(25-2)18(24)19(8-7-16(20)13-19)12-14-5-3-6-15(11-14)17-21-9-4-10-22-17;/h3-6,9-11,16H,7-8,12-13,20H2,1-2H3;1H/t16-,19+;/m0./s1. The van der Waals surface area contributed by atoms with Gasteiger partial charge in [-0.3, -0.25) is 9.63 Å². The molecule has 1 heterocycles. The van der Waals surface area contributed by atoms with E-state index in [4.69, 9.17) is 10.6 Å². The Hall–Kier alpha value is -2.02. The lowest BCUT2D eigenvalue weighted by Gasteiger charge is -2.31. The van der Waals surface area contributed by atoms with Crippen LogP contribution >= 0.6 is 12.4 Å². The molecule has 3 rings (SSSR count). The first-order valence-electron chi connectivity index (χ1n) is 8.48. The van der Waals surface area contributed by atoms with E-state index in [9.17, 15) is 4.79 Å². The van der Waals surface area contributed by atoms with Crippen LogP contribution in [0.15, 0.2) is 42.7 Å². The molecule has 1 aliphatic rings. The number of aromatic nitrogens is 2. The summed E-state index contributed by atoms with van der Waals surface area (Å²) in [5.41, 5.74) is 7.65. The maximum atomic E-state index is 12.9. The van der Waals surface area contributed by atoms with Gasteiger partial charge in [-0.2, -0.15) is 0 Å². The first kappa shape index (κ1) is 20.3. The van der Waals surface area contributed by atoms with E-state index in [1.54, 1.807) is 25.5 Å². The van der Waals surface area contributed by atoms with Crippen molar-refractivity contribution in [3.8, 4) is 11.4 Å². The average Bonchev–Trinajstić information content (AvgIpc) is 3.03. The van der Waals surface area contributed by atoms with Crippen molar-refractivity contribution in [1.82, 2.24) is 15.0 Å². The molecular weight excluding hydrogens is 352 g/mol. The summed E-state index contributed by atoms with van der Waals surface area (Å²) in [7, 11) is 3.16.